The predicted molar refractivity (Wildman–Crippen MR) is 126 cm³/mol. The molecule has 0 aliphatic heterocycles. The second kappa shape index (κ2) is 10.0. The van der Waals surface area contributed by atoms with Crippen molar-refractivity contribution in [2.75, 3.05) is 5.32 Å². The number of benzene rings is 2. The molecule has 1 amide bonds. The molecule has 0 atom stereocenters. The highest BCUT2D eigenvalue weighted by molar-refractivity contribution is 8.00. The van der Waals surface area contributed by atoms with E-state index in [0.717, 1.165) is 20.5 Å². The van der Waals surface area contributed by atoms with E-state index in [1.54, 1.807) is 12.1 Å². The van der Waals surface area contributed by atoms with E-state index in [1.807, 2.05) is 41.8 Å². The summed E-state index contributed by atoms with van der Waals surface area (Å²) in [6.45, 7) is 0. The van der Waals surface area contributed by atoms with Gasteiger partial charge in [-0.2, -0.15) is 5.26 Å². The van der Waals surface area contributed by atoms with Gasteiger partial charge in [0.1, 0.15) is 5.01 Å². The summed E-state index contributed by atoms with van der Waals surface area (Å²) >= 11 is 10.4. The number of thioether (sulfide) groups is 1. The van der Waals surface area contributed by atoms with Crippen LogP contribution >= 0.6 is 46.0 Å². The summed E-state index contributed by atoms with van der Waals surface area (Å²) in [6.07, 6.45) is 0.157. The molecule has 0 spiro atoms. The Morgan fingerprint density at radius 1 is 1.19 bits per heavy atom. The van der Waals surface area contributed by atoms with Crippen LogP contribution in [0, 0.1) is 11.3 Å². The summed E-state index contributed by atoms with van der Waals surface area (Å²) in [4.78, 5) is 16.9. The van der Waals surface area contributed by atoms with Crippen molar-refractivity contribution in [3.63, 3.8) is 0 Å². The third kappa shape index (κ3) is 5.89. The monoisotopic (exact) mass is 483 g/mol. The van der Waals surface area contributed by atoms with Crippen LogP contribution in [-0.2, 0) is 17.0 Å². The molecule has 1 N–H and O–H groups in total. The molecule has 154 valence electrons. The maximum atomic E-state index is 12.4. The number of amides is 1. The van der Waals surface area contributed by atoms with E-state index < -0.39 is 0 Å². The van der Waals surface area contributed by atoms with Gasteiger partial charge in [0, 0.05) is 21.7 Å². The van der Waals surface area contributed by atoms with E-state index in [9.17, 15) is 4.79 Å². The molecule has 0 radical (unpaired) electrons. The van der Waals surface area contributed by atoms with Crippen LogP contribution in [0.3, 0.4) is 0 Å². The second-order valence-electron chi connectivity index (χ2n) is 6.35. The zero-order chi connectivity index (χ0) is 21.6. The first-order valence-electron chi connectivity index (χ1n) is 9.04. The zero-order valence-electron chi connectivity index (χ0n) is 15.9. The minimum absolute atomic E-state index is 0.157. The van der Waals surface area contributed by atoms with Crippen molar-refractivity contribution in [3.05, 3.63) is 75.8 Å². The first-order chi connectivity index (χ1) is 15.1. The zero-order valence-corrected chi connectivity index (χ0v) is 19.1. The number of hydrogen-bond donors (Lipinski definition) is 1. The number of carbonyl (C=O) groups is 1. The number of thiazole rings is 1. The number of halogens is 1. The lowest BCUT2D eigenvalue weighted by atomic mass is 10.2. The number of nitrogens with zero attached hydrogens (tertiary/aromatic N) is 4. The van der Waals surface area contributed by atoms with Crippen molar-refractivity contribution in [2.24, 2.45) is 0 Å². The van der Waals surface area contributed by atoms with Crippen molar-refractivity contribution >= 4 is 57.1 Å². The number of carbonyl (C=O) groups excluding carboxylic acids is 1. The maximum Gasteiger partial charge on any atom is 0.232 e. The molecule has 4 rings (SSSR count). The van der Waals surface area contributed by atoms with Gasteiger partial charge in [-0.3, -0.25) is 4.79 Å². The van der Waals surface area contributed by atoms with Crippen LogP contribution < -0.4 is 5.32 Å². The molecule has 10 heteroatoms. The molecule has 0 aliphatic rings. The Morgan fingerprint density at radius 3 is 2.81 bits per heavy atom. The van der Waals surface area contributed by atoms with Crippen molar-refractivity contribution in [3.8, 4) is 16.6 Å². The Balaban J connectivity index is 1.30. The van der Waals surface area contributed by atoms with Crippen molar-refractivity contribution in [1.82, 2.24) is 15.2 Å². The first kappa shape index (κ1) is 21.5. The van der Waals surface area contributed by atoms with E-state index in [4.69, 9.17) is 16.9 Å². The van der Waals surface area contributed by atoms with Gasteiger partial charge in [0.15, 0.2) is 4.34 Å². The fourth-order valence-electron chi connectivity index (χ4n) is 2.61. The van der Waals surface area contributed by atoms with Crippen LogP contribution in [0.1, 0.15) is 16.8 Å². The van der Waals surface area contributed by atoms with Crippen LogP contribution in [0.25, 0.3) is 10.6 Å². The molecule has 6 nitrogen and oxygen atoms in total. The number of rotatable bonds is 7. The summed E-state index contributed by atoms with van der Waals surface area (Å²) in [5.74, 6) is 0.516. The topological polar surface area (TPSA) is 91.6 Å². The van der Waals surface area contributed by atoms with Gasteiger partial charge < -0.3 is 5.32 Å². The average Bonchev–Trinajstić information content (AvgIpc) is 3.42. The molecule has 2 heterocycles. The number of nitrogens with one attached hydrogen (secondary N) is 1. The SMILES string of the molecule is N#Cc1ccc(CSc2nnc(NC(=O)Cc3csc(-c4cccc(Cl)c4)n3)s2)cc1. The normalized spacial score (nSPS) is 10.6. The number of nitriles is 1. The highest BCUT2D eigenvalue weighted by atomic mass is 35.5. The summed E-state index contributed by atoms with van der Waals surface area (Å²) < 4.78 is 0.761. The van der Waals surface area contributed by atoms with Crippen LogP contribution in [0.15, 0.2) is 58.3 Å². The molecular formula is C21H14ClN5OS3. The van der Waals surface area contributed by atoms with E-state index in [1.165, 1.54) is 34.4 Å². The fourth-order valence-corrected chi connectivity index (χ4v) is 5.34. The Morgan fingerprint density at radius 2 is 2.03 bits per heavy atom. The summed E-state index contributed by atoms with van der Waals surface area (Å²) in [5, 5.41) is 23.6. The van der Waals surface area contributed by atoms with Crippen molar-refractivity contribution < 1.29 is 4.79 Å². The first-order valence-corrected chi connectivity index (χ1v) is 12.1. The third-order valence-electron chi connectivity index (χ3n) is 4.06. The molecule has 0 bridgehead atoms. The standard InChI is InChI=1S/C21H14ClN5OS3/c22-16-3-1-2-15(8-16)19-24-17(12-29-19)9-18(28)25-20-26-27-21(31-20)30-11-14-6-4-13(10-23)5-7-14/h1-8,12H,9,11H2,(H,25,26,28). The Labute approximate surface area is 196 Å². The third-order valence-corrected chi connectivity index (χ3v) is 7.28. The van der Waals surface area contributed by atoms with Crippen LogP contribution in [0.2, 0.25) is 5.02 Å². The maximum absolute atomic E-state index is 12.4. The fraction of sp³-hybridized carbons (Fsp3) is 0.0952. The molecule has 2 aromatic heterocycles. The largest absolute Gasteiger partial charge is 0.300 e. The molecule has 0 saturated carbocycles. The quantitative estimate of drug-likeness (QED) is 0.269. The highest BCUT2D eigenvalue weighted by Crippen LogP contribution is 2.29. The van der Waals surface area contributed by atoms with Crippen molar-refractivity contribution in [2.45, 2.75) is 16.5 Å². The highest BCUT2D eigenvalue weighted by Gasteiger charge is 2.12. The van der Waals surface area contributed by atoms with Gasteiger partial charge in [0.25, 0.3) is 0 Å². The predicted octanol–water partition coefficient (Wildman–Crippen LogP) is 5.66. The van der Waals surface area contributed by atoms with Crippen molar-refractivity contribution in [1.29, 1.82) is 5.26 Å². The minimum atomic E-state index is -0.192. The van der Waals surface area contributed by atoms with E-state index in [-0.39, 0.29) is 12.3 Å². The molecule has 4 aromatic rings. The number of hydrogen-bond acceptors (Lipinski definition) is 8. The van der Waals surface area contributed by atoms with E-state index >= 15 is 0 Å². The smallest absolute Gasteiger partial charge is 0.232 e. The van der Waals surface area contributed by atoms with Gasteiger partial charge in [0.2, 0.25) is 11.0 Å². The minimum Gasteiger partial charge on any atom is -0.300 e. The Kier molecular flexibility index (Phi) is 6.94. The van der Waals surface area contributed by atoms with Crippen LogP contribution in [0.4, 0.5) is 5.13 Å². The van der Waals surface area contributed by atoms with Gasteiger partial charge in [0.05, 0.1) is 23.7 Å². The van der Waals surface area contributed by atoms with Gasteiger partial charge in [-0.1, -0.05) is 59.0 Å². The van der Waals surface area contributed by atoms with Gasteiger partial charge in [-0.05, 0) is 29.8 Å². The van der Waals surface area contributed by atoms with Crippen LogP contribution in [-0.4, -0.2) is 21.1 Å². The number of aromatic nitrogens is 3. The molecule has 0 unspecified atom stereocenters. The molecule has 0 fully saturated rings. The Hall–Kier alpha value is -2.77. The molecular weight excluding hydrogens is 470 g/mol. The molecule has 31 heavy (non-hydrogen) atoms. The van der Waals surface area contributed by atoms with Gasteiger partial charge >= 0.3 is 0 Å². The summed E-state index contributed by atoms with van der Waals surface area (Å²) in [6, 6.07) is 17.0. The summed E-state index contributed by atoms with van der Waals surface area (Å²) in [7, 11) is 0. The van der Waals surface area contributed by atoms with Gasteiger partial charge in [-0.25, -0.2) is 4.98 Å². The molecule has 0 aliphatic carbocycles. The number of anilines is 1. The molecule has 0 saturated heterocycles. The van der Waals surface area contributed by atoms with E-state index in [2.05, 4.69) is 26.6 Å². The average molecular weight is 484 g/mol. The van der Waals surface area contributed by atoms with Gasteiger partial charge in [-0.15, -0.1) is 21.5 Å². The van der Waals surface area contributed by atoms with Crippen LogP contribution in [0.5, 0.6) is 0 Å². The van der Waals surface area contributed by atoms with E-state index in [0.29, 0.717) is 27.2 Å². The lowest BCUT2D eigenvalue weighted by Crippen LogP contribution is -2.14. The molecule has 2 aromatic carbocycles. The Bertz CT molecular complexity index is 1250. The lowest BCUT2D eigenvalue weighted by molar-refractivity contribution is -0.115. The lowest BCUT2D eigenvalue weighted by Gasteiger charge is -1.99. The summed E-state index contributed by atoms with van der Waals surface area (Å²) in [5.41, 5.74) is 3.34. The second-order valence-corrected chi connectivity index (χ2v) is 9.84.